The van der Waals surface area contributed by atoms with Crippen LogP contribution in [0.25, 0.3) is 11.3 Å². The van der Waals surface area contributed by atoms with E-state index in [9.17, 15) is 4.79 Å². The maximum atomic E-state index is 11.5. The fraction of sp³-hybridized carbons (Fsp3) is 0.286. The van der Waals surface area contributed by atoms with Crippen LogP contribution in [0.15, 0.2) is 23.0 Å². The first-order valence-electron chi connectivity index (χ1n) is 5.75. The van der Waals surface area contributed by atoms with Gasteiger partial charge >= 0.3 is 0 Å². The van der Waals surface area contributed by atoms with Gasteiger partial charge in [-0.15, -0.1) is 0 Å². The lowest BCUT2D eigenvalue weighted by Gasteiger charge is -2.11. The van der Waals surface area contributed by atoms with Gasteiger partial charge in [-0.2, -0.15) is 0 Å². The van der Waals surface area contributed by atoms with Gasteiger partial charge < -0.3 is 9.72 Å². The molecule has 94 valence electrons. The van der Waals surface area contributed by atoms with E-state index in [1.165, 1.54) is 6.07 Å². The van der Waals surface area contributed by atoms with Crippen molar-refractivity contribution >= 4 is 0 Å². The minimum atomic E-state index is -0.134. The van der Waals surface area contributed by atoms with Crippen LogP contribution in [-0.4, -0.2) is 17.1 Å². The molecule has 0 radical (unpaired) electrons. The Hall–Kier alpha value is -2.10. The third kappa shape index (κ3) is 2.27. The Kier molecular flexibility index (Phi) is 3.19. The minimum absolute atomic E-state index is 0.134. The summed E-state index contributed by atoms with van der Waals surface area (Å²) in [5.41, 5.74) is 3.58. The second-order valence-electron chi connectivity index (χ2n) is 4.35. The van der Waals surface area contributed by atoms with Crippen molar-refractivity contribution in [3.05, 3.63) is 45.5 Å². The van der Waals surface area contributed by atoms with E-state index in [0.717, 1.165) is 22.4 Å². The van der Waals surface area contributed by atoms with Crippen LogP contribution >= 0.6 is 0 Å². The standard InChI is InChI=1S/C14H16N2O2/c1-8-6-13(18-4)9(2)5-11(8)12-7-14(17)16-10(3)15-12/h5-7H,1-4H3,(H,15,16,17). The van der Waals surface area contributed by atoms with Gasteiger partial charge in [0.25, 0.3) is 5.56 Å². The molecule has 1 aromatic heterocycles. The average molecular weight is 244 g/mol. The zero-order valence-electron chi connectivity index (χ0n) is 11.0. The number of nitrogens with one attached hydrogen (secondary N) is 1. The largest absolute Gasteiger partial charge is 0.496 e. The molecule has 0 aliphatic heterocycles. The van der Waals surface area contributed by atoms with Crippen molar-refractivity contribution in [2.24, 2.45) is 0 Å². The molecule has 2 aromatic rings. The Bertz CT molecular complexity index is 645. The van der Waals surface area contributed by atoms with Crippen molar-refractivity contribution in [1.29, 1.82) is 0 Å². The minimum Gasteiger partial charge on any atom is -0.496 e. The van der Waals surface area contributed by atoms with Crippen LogP contribution in [0.5, 0.6) is 5.75 Å². The Labute approximate surface area is 106 Å². The molecule has 4 nitrogen and oxygen atoms in total. The van der Waals surface area contributed by atoms with Gasteiger partial charge in [-0.1, -0.05) is 0 Å². The number of benzene rings is 1. The van der Waals surface area contributed by atoms with Crippen LogP contribution in [0.4, 0.5) is 0 Å². The van der Waals surface area contributed by atoms with Crippen LogP contribution in [-0.2, 0) is 0 Å². The number of ether oxygens (including phenoxy) is 1. The third-order valence-corrected chi connectivity index (χ3v) is 2.88. The molecule has 0 aliphatic rings. The first kappa shape index (κ1) is 12.4. The summed E-state index contributed by atoms with van der Waals surface area (Å²) < 4.78 is 5.28. The van der Waals surface area contributed by atoms with Crippen molar-refractivity contribution in [3.63, 3.8) is 0 Å². The lowest BCUT2D eigenvalue weighted by Crippen LogP contribution is -2.09. The molecule has 4 heteroatoms. The zero-order chi connectivity index (χ0) is 13.3. The van der Waals surface area contributed by atoms with Crippen LogP contribution in [0.3, 0.4) is 0 Å². The third-order valence-electron chi connectivity index (χ3n) is 2.88. The van der Waals surface area contributed by atoms with Crippen LogP contribution in [0.1, 0.15) is 17.0 Å². The zero-order valence-corrected chi connectivity index (χ0v) is 11.0. The number of hydrogen-bond acceptors (Lipinski definition) is 3. The van der Waals surface area contributed by atoms with Gasteiger partial charge in [-0.25, -0.2) is 4.98 Å². The van der Waals surface area contributed by atoms with Crippen LogP contribution in [0, 0.1) is 20.8 Å². The van der Waals surface area contributed by atoms with Gasteiger partial charge in [0, 0.05) is 11.6 Å². The maximum absolute atomic E-state index is 11.5. The smallest absolute Gasteiger partial charge is 0.251 e. The predicted octanol–water partition coefficient (Wildman–Crippen LogP) is 2.37. The highest BCUT2D eigenvalue weighted by atomic mass is 16.5. The molecule has 0 fully saturated rings. The lowest BCUT2D eigenvalue weighted by molar-refractivity contribution is 0.411. The highest BCUT2D eigenvalue weighted by Gasteiger charge is 2.09. The molecule has 0 aliphatic carbocycles. The van der Waals surface area contributed by atoms with Crippen molar-refractivity contribution in [2.75, 3.05) is 7.11 Å². The first-order valence-corrected chi connectivity index (χ1v) is 5.75. The molecule has 0 saturated heterocycles. The van der Waals surface area contributed by atoms with Crippen molar-refractivity contribution in [3.8, 4) is 17.0 Å². The monoisotopic (exact) mass is 244 g/mol. The van der Waals surface area contributed by atoms with E-state index in [2.05, 4.69) is 9.97 Å². The molecule has 0 atom stereocenters. The quantitative estimate of drug-likeness (QED) is 0.882. The van der Waals surface area contributed by atoms with E-state index in [0.29, 0.717) is 11.5 Å². The summed E-state index contributed by atoms with van der Waals surface area (Å²) in [6.45, 7) is 5.73. The normalized spacial score (nSPS) is 10.4. The Morgan fingerprint density at radius 2 is 1.83 bits per heavy atom. The predicted molar refractivity (Wildman–Crippen MR) is 71.1 cm³/mol. The number of H-pyrrole nitrogens is 1. The van der Waals surface area contributed by atoms with Crippen molar-refractivity contribution in [1.82, 2.24) is 9.97 Å². The number of methoxy groups -OCH3 is 1. The molecular formula is C14H16N2O2. The molecule has 18 heavy (non-hydrogen) atoms. The number of aryl methyl sites for hydroxylation is 3. The van der Waals surface area contributed by atoms with Gasteiger partial charge in [-0.05, 0) is 44.0 Å². The molecular weight excluding hydrogens is 228 g/mol. The van der Waals surface area contributed by atoms with Crippen LogP contribution < -0.4 is 10.3 Å². The summed E-state index contributed by atoms with van der Waals surface area (Å²) in [6.07, 6.45) is 0. The second-order valence-corrected chi connectivity index (χ2v) is 4.35. The lowest BCUT2D eigenvalue weighted by atomic mass is 10.0. The maximum Gasteiger partial charge on any atom is 0.251 e. The molecule has 0 spiro atoms. The highest BCUT2D eigenvalue weighted by Crippen LogP contribution is 2.28. The van der Waals surface area contributed by atoms with E-state index >= 15 is 0 Å². The molecule has 0 saturated carbocycles. The summed E-state index contributed by atoms with van der Waals surface area (Å²) in [4.78, 5) is 18.5. The number of aromatic nitrogens is 2. The summed E-state index contributed by atoms with van der Waals surface area (Å²) in [7, 11) is 1.65. The Morgan fingerprint density at radius 3 is 2.44 bits per heavy atom. The number of aromatic amines is 1. The van der Waals surface area contributed by atoms with Gasteiger partial charge in [-0.3, -0.25) is 4.79 Å². The first-order chi connectivity index (χ1) is 8.51. The molecule has 0 bridgehead atoms. The van der Waals surface area contributed by atoms with Crippen molar-refractivity contribution in [2.45, 2.75) is 20.8 Å². The summed E-state index contributed by atoms with van der Waals surface area (Å²) >= 11 is 0. The van der Waals surface area contributed by atoms with Gasteiger partial charge in [0.2, 0.25) is 0 Å². The highest BCUT2D eigenvalue weighted by molar-refractivity contribution is 5.66. The van der Waals surface area contributed by atoms with E-state index in [1.54, 1.807) is 14.0 Å². The van der Waals surface area contributed by atoms with E-state index < -0.39 is 0 Å². The Balaban J connectivity index is 2.64. The van der Waals surface area contributed by atoms with Crippen LogP contribution in [0.2, 0.25) is 0 Å². The molecule has 2 rings (SSSR count). The van der Waals surface area contributed by atoms with E-state index in [-0.39, 0.29) is 5.56 Å². The van der Waals surface area contributed by atoms with Crippen molar-refractivity contribution < 1.29 is 4.74 Å². The summed E-state index contributed by atoms with van der Waals surface area (Å²) in [5.74, 6) is 1.46. The van der Waals surface area contributed by atoms with Gasteiger partial charge in [0.15, 0.2) is 0 Å². The summed E-state index contributed by atoms with van der Waals surface area (Å²) in [6, 6.07) is 5.47. The fourth-order valence-electron chi connectivity index (χ4n) is 2.00. The average Bonchev–Trinajstić information content (AvgIpc) is 2.30. The summed E-state index contributed by atoms with van der Waals surface area (Å²) in [5, 5.41) is 0. The topological polar surface area (TPSA) is 55.0 Å². The molecule has 0 amide bonds. The molecule has 0 unspecified atom stereocenters. The second kappa shape index (κ2) is 4.64. The fourth-order valence-corrected chi connectivity index (χ4v) is 2.00. The number of rotatable bonds is 2. The molecule has 1 aromatic carbocycles. The van der Waals surface area contributed by atoms with Gasteiger partial charge in [0.05, 0.1) is 12.8 Å². The van der Waals surface area contributed by atoms with E-state index in [4.69, 9.17) is 4.74 Å². The molecule has 1 N–H and O–H groups in total. The number of nitrogens with zero attached hydrogens (tertiary/aromatic N) is 1. The Morgan fingerprint density at radius 1 is 1.11 bits per heavy atom. The molecule has 1 heterocycles. The SMILES string of the molecule is COc1cc(C)c(-c2cc(=O)[nH]c(C)n2)cc1C. The number of hydrogen-bond donors (Lipinski definition) is 1. The van der Waals surface area contributed by atoms with Gasteiger partial charge in [0.1, 0.15) is 11.6 Å². The van der Waals surface area contributed by atoms with E-state index in [1.807, 2.05) is 26.0 Å².